The summed E-state index contributed by atoms with van der Waals surface area (Å²) in [5.41, 5.74) is -0.926. The fourth-order valence-corrected chi connectivity index (χ4v) is 3.22. The molecule has 2 amide bonds. The topological polar surface area (TPSA) is 49.4 Å². The Balaban J connectivity index is 1.70. The number of likely N-dealkylation sites (tertiary alicyclic amines) is 1. The first-order chi connectivity index (χ1) is 13.3. The van der Waals surface area contributed by atoms with E-state index in [1.807, 2.05) is 0 Å². The van der Waals surface area contributed by atoms with Crippen molar-refractivity contribution in [3.05, 3.63) is 65.5 Å². The Hall–Kier alpha value is -2.90. The van der Waals surface area contributed by atoms with E-state index >= 15 is 0 Å². The summed E-state index contributed by atoms with van der Waals surface area (Å²) in [7, 11) is 0. The van der Waals surface area contributed by atoms with Crippen LogP contribution >= 0.6 is 0 Å². The summed E-state index contributed by atoms with van der Waals surface area (Å²) in [5.74, 6) is -1.99. The van der Waals surface area contributed by atoms with E-state index in [-0.39, 0.29) is 18.1 Å². The zero-order valence-electron chi connectivity index (χ0n) is 14.8. The number of anilines is 1. The van der Waals surface area contributed by atoms with Crippen LogP contribution in [0.3, 0.4) is 0 Å². The molecule has 0 aromatic heterocycles. The number of hydrogen-bond donors (Lipinski definition) is 1. The zero-order valence-corrected chi connectivity index (χ0v) is 14.8. The molecule has 1 aliphatic heterocycles. The van der Waals surface area contributed by atoms with Gasteiger partial charge in [-0.25, -0.2) is 4.39 Å². The number of nitrogens with zero attached hydrogens (tertiary/aromatic N) is 1. The van der Waals surface area contributed by atoms with Gasteiger partial charge in [0.15, 0.2) is 0 Å². The van der Waals surface area contributed by atoms with E-state index in [0.717, 1.165) is 6.07 Å². The lowest BCUT2D eigenvalue weighted by Gasteiger charge is -2.32. The average molecular weight is 394 g/mol. The number of nitrogens with one attached hydrogen (secondary N) is 1. The maximum atomic E-state index is 13.1. The van der Waals surface area contributed by atoms with Crippen molar-refractivity contribution in [1.29, 1.82) is 0 Å². The van der Waals surface area contributed by atoms with Crippen molar-refractivity contribution >= 4 is 17.5 Å². The molecule has 148 valence electrons. The van der Waals surface area contributed by atoms with E-state index in [0.29, 0.717) is 24.9 Å². The molecular weight excluding hydrogens is 376 g/mol. The predicted octanol–water partition coefficient (Wildman–Crippen LogP) is 4.34. The highest BCUT2D eigenvalue weighted by molar-refractivity contribution is 5.96. The Kier molecular flexibility index (Phi) is 5.67. The summed E-state index contributed by atoms with van der Waals surface area (Å²) in [6, 6.07) is 9.84. The lowest BCUT2D eigenvalue weighted by atomic mass is 9.96. The molecule has 28 heavy (non-hydrogen) atoms. The molecule has 1 unspecified atom stereocenters. The minimum atomic E-state index is -4.58. The molecule has 8 heteroatoms. The molecule has 0 spiro atoms. The van der Waals surface area contributed by atoms with Crippen LogP contribution in [0.15, 0.2) is 48.5 Å². The molecule has 1 heterocycles. The van der Waals surface area contributed by atoms with Crippen LogP contribution in [-0.4, -0.2) is 29.8 Å². The lowest BCUT2D eigenvalue weighted by molar-refractivity contribution is -0.137. The molecule has 0 bridgehead atoms. The van der Waals surface area contributed by atoms with Crippen LogP contribution in [0.25, 0.3) is 0 Å². The molecule has 0 saturated carbocycles. The summed E-state index contributed by atoms with van der Waals surface area (Å²) in [4.78, 5) is 26.5. The normalized spacial score (nSPS) is 17.3. The molecule has 2 aromatic carbocycles. The molecule has 0 aliphatic carbocycles. The number of para-hydroxylation sites is 1. The van der Waals surface area contributed by atoms with Gasteiger partial charge in [0, 0.05) is 18.7 Å². The van der Waals surface area contributed by atoms with Crippen molar-refractivity contribution in [2.75, 3.05) is 18.4 Å². The van der Waals surface area contributed by atoms with Crippen LogP contribution in [0.4, 0.5) is 23.2 Å². The van der Waals surface area contributed by atoms with Crippen molar-refractivity contribution in [3.8, 4) is 0 Å². The molecule has 1 saturated heterocycles. The van der Waals surface area contributed by atoms with Crippen molar-refractivity contribution in [2.45, 2.75) is 19.0 Å². The van der Waals surface area contributed by atoms with E-state index in [9.17, 15) is 27.2 Å². The van der Waals surface area contributed by atoms with Gasteiger partial charge in [0.25, 0.3) is 5.91 Å². The van der Waals surface area contributed by atoms with Crippen LogP contribution in [0, 0.1) is 11.7 Å². The van der Waals surface area contributed by atoms with Gasteiger partial charge in [0.2, 0.25) is 5.91 Å². The monoisotopic (exact) mass is 394 g/mol. The van der Waals surface area contributed by atoms with Gasteiger partial charge in [-0.1, -0.05) is 12.1 Å². The van der Waals surface area contributed by atoms with E-state index in [1.165, 1.54) is 47.4 Å². The van der Waals surface area contributed by atoms with Crippen LogP contribution in [0.2, 0.25) is 0 Å². The number of hydrogen-bond acceptors (Lipinski definition) is 2. The Morgan fingerprint density at radius 2 is 1.71 bits per heavy atom. The first-order valence-electron chi connectivity index (χ1n) is 8.77. The number of carbonyl (C=O) groups excluding carboxylic acids is 2. The van der Waals surface area contributed by atoms with Crippen LogP contribution in [0.1, 0.15) is 28.8 Å². The third-order valence-corrected chi connectivity index (χ3v) is 4.66. The van der Waals surface area contributed by atoms with E-state index < -0.39 is 29.4 Å². The first-order valence-corrected chi connectivity index (χ1v) is 8.77. The number of halogens is 4. The molecular formula is C20H18F4N2O2. The smallest absolute Gasteiger partial charge is 0.338 e. The van der Waals surface area contributed by atoms with Gasteiger partial charge < -0.3 is 10.2 Å². The summed E-state index contributed by atoms with van der Waals surface area (Å²) in [5, 5.41) is 2.35. The number of carbonyl (C=O) groups is 2. The summed E-state index contributed by atoms with van der Waals surface area (Å²) >= 11 is 0. The standard InChI is InChI=1S/C20H18F4N2O2/c21-15-9-7-13(8-10-15)19(28)26-11-3-4-14(12-26)18(27)25-17-6-2-1-5-16(17)20(22,23)24/h1-2,5-10,14H,3-4,11-12H2,(H,25,27). The second kappa shape index (κ2) is 8.00. The molecule has 1 atom stereocenters. The highest BCUT2D eigenvalue weighted by Gasteiger charge is 2.35. The summed E-state index contributed by atoms with van der Waals surface area (Å²) < 4.78 is 52.3. The third kappa shape index (κ3) is 4.49. The number of piperidine rings is 1. The second-order valence-electron chi connectivity index (χ2n) is 6.63. The fourth-order valence-electron chi connectivity index (χ4n) is 3.22. The minimum Gasteiger partial charge on any atom is -0.338 e. The number of alkyl halides is 3. The Morgan fingerprint density at radius 3 is 2.39 bits per heavy atom. The molecule has 1 fully saturated rings. The third-order valence-electron chi connectivity index (χ3n) is 4.66. The number of amides is 2. The van der Waals surface area contributed by atoms with Crippen LogP contribution < -0.4 is 5.32 Å². The summed E-state index contributed by atoms with van der Waals surface area (Å²) in [6.45, 7) is 0.523. The van der Waals surface area contributed by atoms with E-state index in [1.54, 1.807) is 0 Å². The maximum absolute atomic E-state index is 13.1. The lowest BCUT2D eigenvalue weighted by Crippen LogP contribution is -2.43. The Labute approximate surface area is 159 Å². The molecule has 1 aliphatic rings. The number of rotatable bonds is 3. The van der Waals surface area contributed by atoms with Gasteiger partial charge in [0.1, 0.15) is 5.82 Å². The van der Waals surface area contributed by atoms with Crippen molar-refractivity contribution in [2.24, 2.45) is 5.92 Å². The molecule has 2 aromatic rings. The summed E-state index contributed by atoms with van der Waals surface area (Å²) in [6.07, 6.45) is -3.57. The van der Waals surface area contributed by atoms with Gasteiger partial charge in [0.05, 0.1) is 17.2 Å². The Bertz CT molecular complexity index is 865. The van der Waals surface area contributed by atoms with E-state index in [2.05, 4.69) is 5.32 Å². The van der Waals surface area contributed by atoms with Gasteiger partial charge in [-0.05, 0) is 49.2 Å². The minimum absolute atomic E-state index is 0.0935. The van der Waals surface area contributed by atoms with Crippen LogP contribution in [0.5, 0.6) is 0 Å². The SMILES string of the molecule is O=C(Nc1ccccc1C(F)(F)F)C1CCCN(C(=O)c2ccc(F)cc2)C1. The zero-order chi connectivity index (χ0) is 20.3. The van der Waals surface area contributed by atoms with Gasteiger partial charge in [-0.2, -0.15) is 13.2 Å². The number of benzene rings is 2. The highest BCUT2D eigenvalue weighted by atomic mass is 19.4. The molecule has 0 radical (unpaired) electrons. The van der Waals surface area contributed by atoms with Crippen molar-refractivity contribution < 1.29 is 27.2 Å². The quantitative estimate of drug-likeness (QED) is 0.788. The first kappa shape index (κ1) is 19.9. The van der Waals surface area contributed by atoms with Gasteiger partial charge in [-0.15, -0.1) is 0 Å². The van der Waals surface area contributed by atoms with Gasteiger partial charge >= 0.3 is 6.18 Å². The largest absolute Gasteiger partial charge is 0.418 e. The maximum Gasteiger partial charge on any atom is 0.418 e. The highest BCUT2D eigenvalue weighted by Crippen LogP contribution is 2.35. The van der Waals surface area contributed by atoms with Crippen molar-refractivity contribution in [3.63, 3.8) is 0 Å². The van der Waals surface area contributed by atoms with Crippen molar-refractivity contribution in [1.82, 2.24) is 4.90 Å². The molecule has 1 N–H and O–H groups in total. The fraction of sp³-hybridized carbons (Fsp3) is 0.300. The Morgan fingerprint density at radius 1 is 1.04 bits per heavy atom. The van der Waals surface area contributed by atoms with E-state index in [4.69, 9.17) is 0 Å². The predicted molar refractivity (Wildman–Crippen MR) is 95.1 cm³/mol. The van der Waals surface area contributed by atoms with Gasteiger partial charge in [-0.3, -0.25) is 9.59 Å². The second-order valence-corrected chi connectivity index (χ2v) is 6.63. The average Bonchev–Trinajstić information content (AvgIpc) is 2.68. The van der Waals surface area contributed by atoms with Crippen LogP contribution in [-0.2, 0) is 11.0 Å². The molecule has 3 rings (SSSR count). The molecule has 4 nitrogen and oxygen atoms in total.